The molecule has 6 nitrogen and oxygen atoms in total. The van der Waals surface area contributed by atoms with Crippen molar-refractivity contribution >= 4 is 5.91 Å². The average Bonchev–Trinajstić information content (AvgIpc) is 3.41. The van der Waals surface area contributed by atoms with E-state index >= 15 is 0 Å². The van der Waals surface area contributed by atoms with E-state index in [2.05, 4.69) is 41.0 Å². The SMILES string of the molecule is O=C(Cn1cnc2c1CCNC21CCOCC1)NC[C@H]1C[C@@H]1c1ccccc1. The largest absolute Gasteiger partial charge is 0.381 e. The molecule has 28 heavy (non-hydrogen) atoms. The number of amides is 1. The van der Waals surface area contributed by atoms with Gasteiger partial charge in [0.25, 0.3) is 0 Å². The van der Waals surface area contributed by atoms with Crippen molar-refractivity contribution in [2.75, 3.05) is 26.3 Å². The molecule has 0 bridgehead atoms. The third-order valence-electron chi connectivity index (χ3n) is 6.60. The van der Waals surface area contributed by atoms with Crippen LogP contribution in [0.1, 0.15) is 42.1 Å². The summed E-state index contributed by atoms with van der Waals surface area (Å²) >= 11 is 0. The summed E-state index contributed by atoms with van der Waals surface area (Å²) in [7, 11) is 0. The zero-order valence-corrected chi connectivity index (χ0v) is 16.2. The topological polar surface area (TPSA) is 68.2 Å². The normalized spacial score (nSPS) is 25.3. The predicted molar refractivity (Wildman–Crippen MR) is 106 cm³/mol. The molecule has 1 aromatic carbocycles. The standard InChI is InChI=1S/C22H28N4O2/c27-20(23-13-17-12-18(17)16-4-2-1-3-5-16)14-26-15-24-21-19(26)6-9-25-22(21)7-10-28-11-8-22/h1-5,15,17-18,25H,6-14H2,(H,23,27)/t17-,18-/m1/s1. The summed E-state index contributed by atoms with van der Waals surface area (Å²) in [5, 5.41) is 6.81. The number of ether oxygens (including phenoxy) is 1. The molecule has 1 spiro atoms. The van der Waals surface area contributed by atoms with Gasteiger partial charge in [-0.1, -0.05) is 30.3 Å². The minimum Gasteiger partial charge on any atom is -0.381 e. The van der Waals surface area contributed by atoms with Crippen molar-refractivity contribution in [2.45, 2.75) is 43.7 Å². The fourth-order valence-corrected chi connectivity index (χ4v) is 4.88. The Labute approximate surface area is 165 Å². The Morgan fingerprint density at radius 3 is 2.93 bits per heavy atom. The van der Waals surface area contributed by atoms with Crippen LogP contribution >= 0.6 is 0 Å². The molecule has 1 saturated carbocycles. The van der Waals surface area contributed by atoms with E-state index in [0.717, 1.165) is 51.3 Å². The lowest BCUT2D eigenvalue weighted by molar-refractivity contribution is -0.121. The Hall–Kier alpha value is -2.18. The van der Waals surface area contributed by atoms with Gasteiger partial charge in [-0.05, 0) is 36.7 Å². The van der Waals surface area contributed by atoms with Gasteiger partial charge in [0.2, 0.25) is 5.91 Å². The lowest BCUT2D eigenvalue weighted by Gasteiger charge is -2.40. The maximum atomic E-state index is 12.5. The molecule has 148 valence electrons. The molecule has 3 aliphatic rings. The van der Waals surface area contributed by atoms with Gasteiger partial charge in [0.05, 0.1) is 17.6 Å². The molecular formula is C22H28N4O2. The van der Waals surface area contributed by atoms with Crippen molar-refractivity contribution in [1.82, 2.24) is 20.2 Å². The molecule has 2 N–H and O–H groups in total. The van der Waals surface area contributed by atoms with Crippen LogP contribution < -0.4 is 10.6 Å². The van der Waals surface area contributed by atoms with Crippen LogP contribution in [-0.2, 0) is 28.0 Å². The van der Waals surface area contributed by atoms with E-state index in [1.807, 2.05) is 10.9 Å². The first kappa shape index (κ1) is 17.9. The van der Waals surface area contributed by atoms with Crippen molar-refractivity contribution in [3.05, 3.63) is 53.6 Å². The van der Waals surface area contributed by atoms with E-state index in [4.69, 9.17) is 9.72 Å². The highest BCUT2D eigenvalue weighted by atomic mass is 16.5. The number of benzene rings is 1. The van der Waals surface area contributed by atoms with E-state index < -0.39 is 0 Å². The zero-order valence-electron chi connectivity index (χ0n) is 16.2. The van der Waals surface area contributed by atoms with Gasteiger partial charge in [-0.25, -0.2) is 4.98 Å². The minimum absolute atomic E-state index is 0.0650. The highest BCUT2D eigenvalue weighted by Crippen LogP contribution is 2.46. The Balaban J connectivity index is 1.19. The zero-order chi connectivity index (χ0) is 19.0. The number of hydrogen-bond acceptors (Lipinski definition) is 4. The van der Waals surface area contributed by atoms with Crippen molar-refractivity contribution in [1.29, 1.82) is 0 Å². The molecule has 2 atom stereocenters. The van der Waals surface area contributed by atoms with Crippen LogP contribution in [0.2, 0.25) is 0 Å². The van der Waals surface area contributed by atoms with Gasteiger partial charge >= 0.3 is 0 Å². The van der Waals surface area contributed by atoms with Gasteiger partial charge < -0.3 is 19.9 Å². The van der Waals surface area contributed by atoms with Crippen molar-refractivity contribution in [3.63, 3.8) is 0 Å². The Morgan fingerprint density at radius 1 is 1.29 bits per heavy atom. The average molecular weight is 380 g/mol. The molecule has 2 aromatic rings. The van der Waals surface area contributed by atoms with Crippen molar-refractivity contribution < 1.29 is 9.53 Å². The van der Waals surface area contributed by atoms with Crippen LogP contribution in [0, 0.1) is 5.92 Å². The van der Waals surface area contributed by atoms with Crippen LogP contribution in [0.3, 0.4) is 0 Å². The fourth-order valence-electron chi connectivity index (χ4n) is 4.88. The number of carbonyl (C=O) groups excluding carboxylic acids is 1. The first-order chi connectivity index (χ1) is 13.8. The van der Waals surface area contributed by atoms with Gasteiger partial charge in [-0.3, -0.25) is 4.79 Å². The lowest BCUT2D eigenvalue weighted by atomic mass is 9.82. The molecule has 1 aliphatic carbocycles. The second kappa shape index (κ2) is 7.33. The number of nitrogens with zero attached hydrogens (tertiary/aromatic N) is 2. The monoisotopic (exact) mass is 380 g/mol. The number of nitrogens with one attached hydrogen (secondary N) is 2. The van der Waals surface area contributed by atoms with Gasteiger partial charge in [0.1, 0.15) is 6.54 Å². The highest BCUT2D eigenvalue weighted by molar-refractivity contribution is 5.75. The van der Waals surface area contributed by atoms with E-state index in [1.54, 1.807) is 0 Å². The summed E-state index contributed by atoms with van der Waals surface area (Å²) in [6, 6.07) is 10.6. The maximum absolute atomic E-state index is 12.5. The number of carbonyl (C=O) groups is 1. The van der Waals surface area contributed by atoms with Crippen LogP contribution in [-0.4, -0.2) is 41.8 Å². The molecule has 1 aromatic heterocycles. The van der Waals surface area contributed by atoms with Crippen LogP contribution in [0.4, 0.5) is 0 Å². The quantitative estimate of drug-likeness (QED) is 0.832. The molecule has 1 amide bonds. The molecule has 0 unspecified atom stereocenters. The minimum atomic E-state index is -0.0650. The maximum Gasteiger partial charge on any atom is 0.239 e. The number of imidazole rings is 1. The molecule has 0 radical (unpaired) electrons. The molecule has 5 rings (SSSR count). The first-order valence-corrected chi connectivity index (χ1v) is 10.4. The molecule has 2 fully saturated rings. The Bertz CT molecular complexity index is 841. The Kier molecular flexibility index (Phi) is 4.69. The highest BCUT2D eigenvalue weighted by Gasteiger charge is 2.41. The summed E-state index contributed by atoms with van der Waals surface area (Å²) in [6.07, 6.45) is 5.83. The molecule has 1 saturated heterocycles. The number of hydrogen-bond donors (Lipinski definition) is 2. The number of fused-ring (bicyclic) bond motifs is 2. The van der Waals surface area contributed by atoms with E-state index in [9.17, 15) is 4.79 Å². The number of rotatable bonds is 5. The summed E-state index contributed by atoms with van der Waals surface area (Å²) < 4.78 is 7.59. The van der Waals surface area contributed by atoms with Crippen LogP contribution in [0.25, 0.3) is 0 Å². The molecule has 6 heteroatoms. The van der Waals surface area contributed by atoms with E-state index in [0.29, 0.717) is 18.4 Å². The first-order valence-electron chi connectivity index (χ1n) is 10.4. The van der Waals surface area contributed by atoms with E-state index in [1.165, 1.54) is 17.7 Å². The second-order valence-corrected chi connectivity index (χ2v) is 8.36. The summed E-state index contributed by atoms with van der Waals surface area (Å²) in [4.78, 5) is 17.3. The Morgan fingerprint density at radius 2 is 2.11 bits per heavy atom. The third kappa shape index (κ3) is 3.35. The van der Waals surface area contributed by atoms with Gasteiger partial charge in [0, 0.05) is 38.4 Å². The summed E-state index contributed by atoms with van der Waals surface area (Å²) in [5.74, 6) is 1.25. The molecule has 3 heterocycles. The van der Waals surface area contributed by atoms with Crippen LogP contribution in [0.5, 0.6) is 0 Å². The number of aromatic nitrogens is 2. The molecule has 2 aliphatic heterocycles. The van der Waals surface area contributed by atoms with E-state index in [-0.39, 0.29) is 11.4 Å². The third-order valence-corrected chi connectivity index (χ3v) is 6.60. The van der Waals surface area contributed by atoms with Crippen molar-refractivity contribution in [2.24, 2.45) is 5.92 Å². The smallest absolute Gasteiger partial charge is 0.239 e. The molecular weight excluding hydrogens is 352 g/mol. The summed E-state index contributed by atoms with van der Waals surface area (Å²) in [5.41, 5.74) is 3.66. The second-order valence-electron chi connectivity index (χ2n) is 8.36. The van der Waals surface area contributed by atoms with Crippen LogP contribution in [0.15, 0.2) is 36.7 Å². The lowest BCUT2D eigenvalue weighted by Crippen LogP contribution is -2.51. The predicted octanol–water partition coefficient (Wildman–Crippen LogP) is 1.95. The van der Waals surface area contributed by atoms with Gasteiger partial charge in [-0.2, -0.15) is 0 Å². The summed E-state index contributed by atoms with van der Waals surface area (Å²) in [6.45, 7) is 3.59. The van der Waals surface area contributed by atoms with Gasteiger partial charge in [0.15, 0.2) is 0 Å². The van der Waals surface area contributed by atoms with Crippen molar-refractivity contribution in [3.8, 4) is 0 Å². The van der Waals surface area contributed by atoms with Gasteiger partial charge in [-0.15, -0.1) is 0 Å². The fraction of sp³-hybridized carbons (Fsp3) is 0.545.